The molecule has 0 amide bonds. The highest BCUT2D eigenvalue weighted by molar-refractivity contribution is 7.89. The fraction of sp³-hybridized carbons (Fsp3) is 0.600. The zero-order chi connectivity index (χ0) is 17.3. The van der Waals surface area contributed by atoms with Gasteiger partial charge in [-0.05, 0) is 37.3 Å². The lowest BCUT2D eigenvalue weighted by molar-refractivity contribution is -0.385. The molecule has 2 N–H and O–H groups in total. The summed E-state index contributed by atoms with van der Waals surface area (Å²) in [5.41, 5.74) is 0.254. The summed E-state index contributed by atoms with van der Waals surface area (Å²) in [6, 6.07) is 3.90. The Hall–Kier alpha value is -1.51. The highest BCUT2D eigenvalue weighted by Crippen LogP contribution is 2.30. The predicted molar refractivity (Wildman–Crippen MR) is 87.8 cm³/mol. The van der Waals surface area contributed by atoms with Crippen LogP contribution in [0.3, 0.4) is 0 Å². The van der Waals surface area contributed by atoms with Gasteiger partial charge in [0.25, 0.3) is 5.69 Å². The lowest BCUT2D eigenvalue weighted by atomic mass is 9.78. The average Bonchev–Trinajstić information content (AvgIpc) is 2.45. The second kappa shape index (κ2) is 6.54. The van der Waals surface area contributed by atoms with E-state index in [4.69, 9.17) is 0 Å². The Morgan fingerprint density at radius 3 is 2.74 bits per heavy atom. The second-order valence-corrected chi connectivity index (χ2v) is 8.39. The van der Waals surface area contributed by atoms with Gasteiger partial charge in [-0.3, -0.25) is 10.1 Å². The van der Waals surface area contributed by atoms with Crippen molar-refractivity contribution in [3.63, 3.8) is 0 Å². The fourth-order valence-corrected chi connectivity index (χ4v) is 4.19. The van der Waals surface area contributed by atoms with E-state index >= 15 is 0 Å². The second-order valence-electron chi connectivity index (χ2n) is 6.66. The Kier molecular flexibility index (Phi) is 5.07. The van der Waals surface area contributed by atoms with Crippen LogP contribution < -0.4 is 10.0 Å². The maximum atomic E-state index is 12.5. The van der Waals surface area contributed by atoms with Gasteiger partial charge < -0.3 is 5.32 Å². The number of piperidine rings is 1. The van der Waals surface area contributed by atoms with Gasteiger partial charge in [0.05, 0.1) is 9.82 Å². The molecule has 7 nitrogen and oxygen atoms in total. The van der Waals surface area contributed by atoms with Crippen molar-refractivity contribution in [2.24, 2.45) is 5.41 Å². The van der Waals surface area contributed by atoms with Gasteiger partial charge >= 0.3 is 0 Å². The van der Waals surface area contributed by atoms with Crippen LogP contribution in [0.2, 0.25) is 0 Å². The Morgan fingerprint density at radius 2 is 2.13 bits per heavy atom. The van der Waals surface area contributed by atoms with Gasteiger partial charge in [-0.1, -0.05) is 19.9 Å². The fourth-order valence-electron chi connectivity index (χ4n) is 2.88. The monoisotopic (exact) mass is 341 g/mol. The SMILES string of the molecule is Cc1ccc([N+](=O)[O-])cc1S(=O)(=O)NCC1NCCCC1(C)C. The molecule has 1 aliphatic heterocycles. The molecule has 1 aliphatic rings. The topological polar surface area (TPSA) is 101 Å². The minimum Gasteiger partial charge on any atom is -0.312 e. The largest absolute Gasteiger partial charge is 0.312 e. The zero-order valence-electron chi connectivity index (χ0n) is 13.6. The van der Waals surface area contributed by atoms with Gasteiger partial charge in [0.15, 0.2) is 0 Å². The number of hydrogen-bond donors (Lipinski definition) is 2. The summed E-state index contributed by atoms with van der Waals surface area (Å²) in [4.78, 5) is 10.2. The van der Waals surface area contributed by atoms with Gasteiger partial charge in [-0.2, -0.15) is 0 Å². The van der Waals surface area contributed by atoms with Crippen molar-refractivity contribution in [2.45, 2.75) is 44.6 Å². The highest BCUT2D eigenvalue weighted by Gasteiger charge is 2.33. The summed E-state index contributed by atoms with van der Waals surface area (Å²) < 4.78 is 27.6. The summed E-state index contributed by atoms with van der Waals surface area (Å²) >= 11 is 0. The molecule has 1 heterocycles. The third kappa shape index (κ3) is 4.07. The van der Waals surface area contributed by atoms with E-state index in [1.807, 2.05) is 0 Å². The minimum absolute atomic E-state index is 0.00149. The van der Waals surface area contributed by atoms with E-state index in [1.54, 1.807) is 6.92 Å². The third-order valence-electron chi connectivity index (χ3n) is 4.48. The molecule has 128 valence electrons. The Morgan fingerprint density at radius 1 is 1.43 bits per heavy atom. The van der Waals surface area contributed by atoms with Gasteiger partial charge in [0.1, 0.15) is 0 Å². The normalized spacial score (nSPS) is 21.1. The van der Waals surface area contributed by atoms with Crippen LogP contribution in [0.15, 0.2) is 23.1 Å². The van der Waals surface area contributed by atoms with Crippen molar-refractivity contribution in [3.05, 3.63) is 33.9 Å². The van der Waals surface area contributed by atoms with Gasteiger partial charge in [-0.15, -0.1) is 0 Å². The summed E-state index contributed by atoms with van der Waals surface area (Å²) in [5, 5.41) is 14.2. The first-order valence-electron chi connectivity index (χ1n) is 7.61. The van der Waals surface area contributed by atoms with Crippen molar-refractivity contribution < 1.29 is 13.3 Å². The minimum atomic E-state index is -3.79. The quantitative estimate of drug-likeness (QED) is 0.630. The molecule has 0 spiro atoms. The molecule has 1 saturated heterocycles. The Balaban J connectivity index is 2.19. The number of benzene rings is 1. The number of nitro benzene ring substituents is 1. The van der Waals surface area contributed by atoms with E-state index in [9.17, 15) is 18.5 Å². The van der Waals surface area contributed by atoms with E-state index in [2.05, 4.69) is 23.9 Å². The molecule has 0 saturated carbocycles. The average molecular weight is 341 g/mol. The number of aryl methyl sites for hydroxylation is 1. The molecule has 8 heteroatoms. The van der Waals surface area contributed by atoms with E-state index in [1.165, 1.54) is 12.1 Å². The molecule has 1 fully saturated rings. The van der Waals surface area contributed by atoms with Crippen molar-refractivity contribution in [1.29, 1.82) is 0 Å². The van der Waals surface area contributed by atoms with Gasteiger partial charge in [-0.25, -0.2) is 13.1 Å². The molecular formula is C15H23N3O4S. The van der Waals surface area contributed by atoms with Crippen LogP contribution in [0.25, 0.3) is 0 Å². The van der Waals surface area contributed by atoms with Crippen LogP contribution >= 0.6 is 0 Å². The summed E-state index contributed by atoms with van der Waals surface area (Å²) in [5.74, 6) is 0. The molecule has 1 aromatic carbocycles. The van der Waals surface area contributed by atoms with Crippen LogP contribution in [-0.2, 0) is 10.0 Å². The van der Waals surface area contributed by atoms with Crippen molar-refractivity contribution in [3.8, 4) is 0 Å². The smallest absolute Gasteiger partial charge is 0.270 e. The summed E-state index contributed by atoms with van der Waals surface area (Å²) in [6.45, 7) is 6.97. The number of nitrogens with zero attached hydrogens (tertiary/aromatic N) is 1. The van der Waals surface area contributed by atoms with Crippen molar-refractivity contribution >= 4 is 15.7 Å². The van der Waals surface area contributed by atoms with Gasteiger partial charge in [0, 0.05) is 24.7 Å². The standard InChI is InChI=1S/C15H23N3O4S/c1-11-5-6-12(18(19)20)9-13(11)23(21,22)17-10-14-15(2,3)7-4-8-16-14/h5-6,9,14,16-17H,4,7-8,10H2,1-3H3. The molecule has 1 aromatic rings. The third-order valence-corrected chi connectivity index (χ3v) is 6.05. The molecule has 1 atom stereocenters. The van der Waals surface area contributed by atoms with Crippen molar-refractivity contribution in [2.75, 3.05) is 13.1 Å². The van der Waals surface area contributed by atoms with E-state index in [0.29, 0.717) is 5.56 Å². The van der Waals surface area contributed by atoms with Crippen LogP contribution in [0.1, 0.15) is 32.3 Å². The lowest BCUT2D eigenvalue weighted by Crippen LogP contribution is -2.52. The lowest BCUT2D eigenvalue weighted by Gasteiger charge is -2.39. The molecule has 0 radical (unpaired) electrons. The maximum absolute atomic E-state index is 12.5. The highest BCUT2D eigenvalue weighted by atomic mass is 32.2. The molecule has 0 aromatic heterocycles. The summed E-state index contributed by atoms with van der Waals surface area (Å²) in [6.07, 6.45) is 2.10. The predicted octanol–water partition coefficient (Wildman–Crippen LogP) is 1.96. The molecular weight excluding hydrogens is 318 g/mol. The molecule has 23 heavy (non-hydrogen) atoms. The zero-order valence-corrected chi connectivity index (χ0v) is 14.4. The van der Waals surface area contributed by atoms with Crippen LogP contribution in [0.5, 0.6) is 0 Å². The Labute approximate surface area is 136 Å². The van der Waals surface area contributed by atoms with Crippen molar-refractivity contribution in [1.82, 2.24) is 10.0 Å². The number of sulfonamides is 1. The molecule has 0 bridgehead atoms. The van der Waals surface area contributed by atoms with E-state index < -0.39 is 14.9 Å². The Bertz CT molecular complexity index is 701. The summed E-state index contributed by atoms with van der Waals surface area (Å²) in [7, 11) is -3.79. The maximum Gasteiger partial charge on any atom is 0.270 e. The van der Waals surface area contributed by atoms with E-state index in [-0.39, 0.29) is 28.6 Å². The van der Waals surface area contributed by atoms with E-state index in [0.717, 1.165) is 25.5 Å². The first-order chi connectivity index (χ1) is 10.6. The number of nitrogens with one attached hydrogen (secondary N) is 2. The number of nitro groups is 1. The van der Waals surface area contributed by atoms with Crippen LogP contribution in [0.4, 0.5) is 5.69 Å². The van der Waals surface area contributed by atoms with Gasteiger partial charge in [0.2, 0.25) is 10.0 Å². The molecule has 1 unspecified atom stereocenters. The first kappa shape index (κ1) is 17.8. The molecule has 2 rings (SSSR count). The van der Waals surface area contributed by atoms with Crippen LogP contribution in [-0.4, -0.2) is 32.5 Å². The molecule has 0 aliphatic carbocycles. The van der Waals surface area contributed by atoms with Crippen LogP contribution in [0, 0.1) is 22.5 Å². The number of rotatable bonds is 5. The number of non-ortho nitro benzene ring substituents is 1. The number of hydrogen-bond acceptors (Lipinski definition) is 5. The first-order valence-corrected chi connectivity index (χ1v) is 9.10.